The molecule has 0 radical (unpaired) electrons. The molecule has 0 unspecified atom stereocenters. The first kappa shape index (κ1) is 15.8. The molecule has 0 N–H and O–H groups in total. The lowest BCUT2D eigenvalue weighted by molar-refractivity contribution is 0.168. The van der Waals surface area contributed by atoms with Crippen LogP contribution in [0.3, 0.4) is 0 Å². The van der Waals surface area contributed by atoms with E-state index >= 15 is 0 Å². The van der Waals surface area contributed by atoms with Gasteiger partial charge in [0.25, 0.3) is 0 Å². The van der Waals surface area contributed by atoms with Gasteiger partial charge in [0.1, 0.15) is 5.82 Å². The molecule has 1 saturated heterocycles. The van der Waals surface area contributed by atoms with Crippen molar-refractivity contribution in [2.45, 2.75) is 19.8 Å². The van der Waals surface area contributed by atoms with Crippen molar-refractivity contribution in [3.63, 3.8) is 0 Å². The van der Waals surface area contributed by atoms with Gasteiger partial charge >= 0.3 is 6.03 Å². The maximum atomic E-state index is 12.0. The van der Waals surface area contributed by atoms with E-state index in [-0.39, 0.29) is 11.3 Å². The topological polar surface area (TPSA) is 52.6 Å². The molecule has 0 atom stereocenters. The van der Waals surface area contributed by atoms with Gasteiger partial charge in [0.2, 0.25) is 5.28 Å². The van der Waals surface area contributed by atoms with Gasteiger partial charge in [-0.25, -0.2) is 14.8 Å². The molecule has 1 aromatic heterocycles. The van der Waals surface area contributed by atoms with Crippen molar-refractivity contribution < 1.29 is 4.79 Å². The Hall–Kier alpha value is -1.56. The largest absolute Gasteiger partial charge is 0.353 e. The van der Waals surface area contributed by atoms with Crippen molar-refractivity contribution in [1.29, 1.82) is 0 Å². The Morgan fingerprint density at radius 2 is 1.90 bits per heavy atom. The molecule has 6 nitrogen and oxygen atoms in total. The minimum Gasteiger partial charge on any atom is -0.353 e. The summed E-state index contributed by atoms with van der Waals surface area (Å²) in [5.41, 5.74) is 1.09. The number of hydrogen-bond acceptors (Lipinski definition) is 4. The lowest BCUT2D eigenvalue weighted by Crippen LogP contribution is -2.51. The van der Waals surface area contributed by atoms with Crippen LogP contribution in [0.25, 0.3) is 0 Å². The van der Waals surface area contributed by atoms with Crippen LogP contribution in [-0.4, -0.2) is 66.1 Å². The number of anilines is 1. The Morgan fingerprint density at radius 1 is 1.29 bits per heavy atom. The number of aromatic nitrogens is 2. The van der Waals surface area contributed by atoms with Crippen molar-refractivity contribution in [2.75, 3.05) is 45.2 Å². The van der Waals surface area contributed by atoms with Gasteiger partial charge in [0.05, 0.1) is 0 Å². The van der Waals surface area contributed by atoms with Crippen LogP contribution < -0.4 is 4.90 Å². The second-order valence-electron chi connectivity index (χ2n) is 5.72. The molecule has 1 aliphatic heterocycles. The lowest BCUT2D eigenvalue weighted by atomic mass is 10.1. The summed E-state index contributed by atoms with van der Waals surface area (Å²) in [4.78, 5) is 26.1. The molecule has 0 spiro atoms. The number of piperazine rings is 1. The summed E-state index contributed by atoms with van der Waals surface area (Å²) < 4.78 is 0. The van der Waals surface area contributed by atoms with Gasteiger partial charge < -0.3 is 14.7 Å². The van der Waals surface area contributed by atoms with Crippen LogP contribution in [0.4, 0.5) is 10.6 Å². The normalized spacial score (nSPS) is 15.5. The number of carbonyl (C=O) groups is 1. The molecular weight excluding hydrogens is 290 g/mol. The highest BCUT2D eigenvalue weighted by Crippen LogP contribution is 2.26. The first-order chi connectivity index (χ1) is 9.90. The third-order valence-corrected chi connectivity index (χ3v) is 3.80. The van der Waals surface area contributed by atoms with Gasteiger partial charge in [0, 0.05) is 52.0 Å². The Kier molecular flexibility index (Phi) is 4.88. The van der Waals surface area contributed by atoms with E-state index in [2.05, 4.69) is 28.7 Å². The van der Waals surface area contributed by atoms with Gasteiger partial charge in [-0.1, -0.05) is 13.8 Å². The van der Waals surface area contributed by atoms with E-state index in [9.17, 15) is 4.79 Å². The number of nitrogens with zero attached hydrogens (tertiary/aromatic N) is 5. The summed E-state index contributed by atoms with van der Waals surface area (Å²) in [5.74, 6) is 1.22. The fourth-order valence-corrected chi connectivity index (χ4v) is 2.54. The lowest BCUT2D eigenvalue weighted by Gasteiger charge is -2.37. The molecule has 7 heteroatoms. The summed E-state index contributed by atoms with van der Waals surface area (Å²) in [6.07, 6.45) is 1.80. The Balaban J connectivity index is 2.12. The van der Waals surface area contributed by atoms with Crippen LogP contribution in [0, 0.1) is 0 Å². The van der Waals surface area contributed by atoms with E-state index in [0.717, 1.165) is 24.5 Å². The van der Waals surface area contributed by atoms with Crippen molar-refractivity contribution in [2.24, 2.45) is 0 Å². The van der Waals surface area contributed by atoms with E-state index in [1.165, 1.54) is 0 Å². The predicted octanol–water partition coefficient (Wildman–Crippen LogP) is 2.06. The molecular formula is C14H22ClN5O. The molecule has 0 aliphatic carbocycles. The van der Waals surface area contributed by atoms with Crippen LogP contribution in [0.1, 0.15) is 25.3 Å². The fourth-order valence-electron chi connectivity index (χ4n) is 2.41. The predicted molar refractivity (Wildman–Crippen MR) is 84.0 cm³/mol. The van der Waals surface area contributed by atoms with E-state index in [4.69, 9.17) is 11.6 Å². The molecule has 116 valence electrons. The first-order valence-corrected chi connectivity index (χ1v) is 7.51. The van der Waals surface area contributed by atoms with Gasteiger partial charge in [-0.15, -0.1) is 0 Å². The minimum atomic E-state index is 0.0550. The zero-order valence-electron chi connectivity index (χ0n) is 13.0. The molecule has 0 saturated carbocycles. The molecule has 2 rings (SSSR count). The number of amides is 2. The first-order valence-electron chi connectivity index (χ1n) is 7.13. The second kappa shape index (κ2) is 6.47. The summed E-state index contributed by atoms with van der Waals surface area (Å²) in [5, 5.41) is 0.265. The standard InChI is InChI=1S/C14H22ClN5O/c1-10(2)11-9-16-13(15)17-12(11)19-5-7-20(8-6-19)14(21)18(3)4/h9-10H,5-8H2,1-4H3. The van der Waals surface area contributed by atoms with Gasteiger partial charge in [-0.2, -0.15) is 0 Å². The molecule has 21 heavy (non-hydrogen) atoms. The molecule has 0 bridgehead atoms. The van der Waals surface area contributed by atoms with Crippen molar-refractivity contribution in [1.82, 2.24) is 19.8 Å². The maximum Gasteiger partial charge on any atom is 0.319 e. The molecule has 2 amide bonds. The summed E-state index contributed by atoms with van der Waals surface area (Å²) in [7, 11) is 3.55. The molecule has 1 aromatic rings. The van der Waals surface area contributed by atoms with E-state index < -0.39 is 0 Å². The molecule has 2 heterocycles. The van der Waals surface area contributed by atoms with Crippen LogP contribution in [-0.2, 0) is 0 Å². The maximum absolute atomic E-state index is 12.0. The number of urea groups is 1. The van der Waals surface area contributed by atoms with E-state index in [1.807, 2.05) is 4.90 Å². The van der Waals surface area contributed by atoms with Gasteiger partial charge in [0.15, 0.2) is 0 Å². The Morgan fingerprint density at radius 3 is 2.43 bits per heavy atom. The second-order valence-corrected chi connectivity index (χ2v) is 6.06. The Labute approximate surface area is 130 Å². The zero-order valence-corrected chi connectivity index (χ0v) is 13.8. The van der Waals surface area contributed by atoms with Crippen molar-refractivity contribution in [3.8, 4) is 0 Å². The monoisotopic (exact) mass is 311 g/mol. The molecule has 1 aliphatic rings. The average Bonchev–Trinajstić information content (AvgIpc) is 2.46. The summed E-state index contributed by atoms with van der Waals surface area (Å²) in [6.45, 7) is 7.12. The van der Waals surface area contributed by atoms with Crippen LogP contribution >= 0.6 is 11.6 Å². The fraction of sp³-hybridized carbons (Fsp3) is 0.643. The third-order valence-electron chi connectivity index (χ3n) is 3.62. The average molecular weight is 312 g/mol. The molecule has 1 fully saturated rings. The number of halogens is 1. The zero-order chi connectivity index (χ0) is 15.6. The van der Waals surface area contributed by atoms with Gasteiger partial charge in [-0.3, -0.25) is 0 Å². The highest BCUT2D eigenvalue weighted by molar-refractivity contribution is 6.28. The van der Waals surface area contributed by atoms with E-state index in [1.54, 1.807) is 25.2 Å². The third kappa shape index (κ3) is 3.56. The Bertz CT molecular complexity index is 512. The number of carbonyl (C=O) groups excluding carboxylic acids is 1. The van der Waals surface area contributed by atoms with Crippen molar-refractivity contribution in [3.05, 3.63) is 17.0 Å². The highest BCUT2D eigenvalue weighted by atomic mass is 35.5. The van der Waals surface area contributed by atoms with Gasteiger partial charge in [-0.05, 0) is 17.5 Å². The van der Waals surface area contributed by atoms with Crippen molar-refractivity contribution >= 4 is 23.4 Å². The van der Waals surface area contributed by atoms with E-state index in [0.29, 0.717) is 19.0 Å². The number of rotatable bonds is 2. The summed E-state index contributed by atoms with van der Waals surface area (Å²) in [6, 6.07) is 0.0550. The summed E-state index contributed by atoms with van der Waals surface area (Å²) >= 11 is 5.94. The van der Waals surface area contributed by atoms with Crippen LogP contribution in [0.5, 0.6) is 0 Å². The molecule has 0 aromatic carbocycles. The SMILES string of the molecule is CC(C)c1cnc(Cl)nc1N1CCN(C(=O)N(C)C)CC1. The highest BCUT2D eigenvalue weighted by Gasteiger charge is 2.25. The quantitative estimate of drug-likeness (QED) is 0.785. The smallest absolute Gasteiger partial charge is 0.319 e. The number of hydrogen-bond donors (Lipinski definition) is 0. The minimum absolute atomic E-state index is 0.0550. The van der Waals surface area contributed by atoms with Crippen LogP contribution in [0.2, 0.25) is 5.28 Å². The van der Waals surface area contributed by atoms with Crippen LogP contribution in [0.15, 0.2) is 6.20 Å².